The maximum absolute atomic E-state index is 13.1. The summed E-state index contributed by atoms with van der Waals surface area (Å²) in [4.78, 5) is 23.8. The van der Waals surface area contributed by atoms with Gasteiger partial charge in [0, 0.05) is 19.8 Å². The first-order chi connectivity index (χ1) is 9.56. The van der Waals surface area contributed by atoms with E-state index >= 15 is 0 Å². The van der Waals surface area contributed by atoms with Crippen molar-refractivity contribution < 1.29 is 18.9 Å². The molecule has 0 rings (SSSR count). The minimum absolute atomic E-state index is 0.285. The van der Waals surface area contributed by atoms with Crippen LogP contribution in [0.3, 0.4) is 0 Å². The van der Waals surface area contributed by atoms with Gasteiger partial charge in [-0.25, -0.2) is 4.79 Å². The van der Waals surface area contributed by atoms with Gasteiger partial charge < -0.3 is 4.74 Å². The normalized spacial score (nSPS) is 13.7. The second-order valence-electron chi connectivity index (χ2n) is 5.14. The SMILES string of the molecule is CC(C)CSP(=O)(N(C)C=S)N(C)C(=O)C(=O)OC(C)C. The summed E-state index contributed by atoms with van der Waals surface area (Å²) in [6.07, 6.45) is -0.416. The van der Waals surface area contributed by atoms with Gasteiger partial charge in [0.25, 0.3) is 0 Å². The summed E-state index contributed by atoms with van der Waals surface area (Å²) in [5, 5.41) is 0. The van der Waals surface area contributed by atoms with Gasteiger partial charge in [0.05, 0.1) is 11.6 Å². The van der Waals surface area contributed by atoms with Crippen LogP contribution in [0, 0.1) is 5.92 Å². The highest BCUT2D eigenvalue weighted by Gasteiger charge is 2.39. The molecule has 1 unspecified atom stereocenters. The van der Waals surface area contributed by atoms with E-state index in [0.29, 0.717) is 5.75 Å². The molecule has 0 aromatic carbocycles. The van der Waals surface area contributed by atoms with Crippen molar-refractivity contribution in [2.75, 3.05) is 19.8 Å². The van der Waals surface area contributed by atoms with Gasteiger partial charge in [-0.3, -0.25) is 18.7 Å². The van der Waals surface area contributed by atoms with Gasteiger partial charge in [-0.05, 0) is 19.8 Å². The van der Waals surface area contributed by atoms with Crippen molar-refractivity contribution in [1.29, 1.82) is 0 Å². The van der Waals surface area contributed by atoms with E-state index in [1.54, 1.807) is 13.8 Å². The molecule has 1 amide bonds. The van der Waals surface area contributed by atoms with E-state index in [9.17, 15) is 14.2 Å². The fourth-order valence-corrected chi connectivity index (χ4v) is 6.38. The number of rotatable bonds is 7. The Morgan fingerprint density at radius 2 is 1.81 bits per heavy atom. The Hall–Kier alpha value is -0.590. The van der Waals surface area contributed by atoms with Crippen molar-refractivity contribution in [2.45, 2.75) is 33.8 Å². The third kappa shape index (κ3) is 5.96. The largest absolute Gasteiger partial charge is 0.456 e. The molecule has 0 N–H and O–H groups in total. The molecule has 0 heterocycles. The van der Waals surface area contributed by atoms with Crippen LogP contribution in [0.4, 0.5) is 0 Å². The van der Waals surface area contributed by atoms with Gasteiger partial charge >= 0.3 is 18.5 Å². The average molecular weight is 354 g/mol. The number of thiocarbonyl (C=S) groups is 1. The molecular weight excluding hydrogens is 331 g/mol. The standard InChI is InChI=1S/C12H23N2O4PS2/c1-9(2)7-21-19(17,13(5)8-20)14(6)11(15)12(16)18-10(3)4/h8-10H,7H2,1-6H3. The molecule has 21 heavy (non-hydrogen) atoms. The number of hydrogen-bond donors (Lipinski definition) is 0. The molecule has 9 heteroatoms. The molecule has 0 aromatic rings. The lowest BCUT2D eigenvalue weighted by Gasteiger charge is -2.32. The maximum atomic E-state index is 13.1. The lowest BCUT2D eigenvalue weighted by molar-refractivity contribution is -0.160. The molecular formula is C12H23N2O4PS2. The molecule has 122 valence electrons. The number of likely N-dealkylation sites (N-methyl/N-ethyl adjacent to an activating group) is 1. The highest BCUT2D eigenvalue weighted by Crippen LogP contribution is 2.62. The molecule has 6 nitrogen and oxygen atoms in total. The Kier molecular flexibility index (Phi) is 8.51. The molecule has 0 spiro atoms. The molecule has 0 aliphatic rings. The van der Waals surface area contributed by atoms with Gasteiger partial charge in [0.15, 0.2) is 0 Å². The third-order valence-electron chi connectivity index (χ3n) is 2.32. The number of hydrogen-bond acceptors (Lipinski definition) is 6. The van der Waals surface area contributed by atoms with E-state index in [2.05, 4.69) is 0 Å². The van der Waals surface area contributed by atoms with Crippen LogP contribution >= 0.6 is 30.2 Å². The first kappa shape index (κ1) is 20.4. The molecule has 1 atom stereocenters. The fourth-order valence-electron chi connectivity index (χ4n) is 1.21. The number of nitrogens with zero attached hydrogens (tertiary/aromatic N) is 2. The average Bonchev–Trinajstić information content (AvgIpc) is 2.41. The molecule has 0 saturated carbocycles. The summed E-state index contributed by atoms with van der Waals surface area (Å²) in [6, 6.07) is 0. The summed E-state index contributed by atoms with van der Waals surface area (Å²) in [7, 11) is 2.85. The second kappa shape index (κ2) is 8.76. The molecule has 0 fully saturated rings. The van der Waals surface area contributed by atoms with Crippen molar-refractivity contribution >= 4 is 47.6 Å². The highest BCUT2D eigenvalue weighted by molar-refractivity contribution is 8.56. The Balaban J connectivity index is 5.24. The lowest BCUT2D eigenvalue weighted by atomic mass is 10.3. The molecule has 0 aromatic heterocycles. The van der Waals surface area contributed by atoms with Crippen molar-refractivity contribution in [2.24, 2.45) is 5.92 Å². The Morgan fingerprint density at radius 1 is 1.29 bits per heavy atom. The van der Waals surface area contributed by atoms with Crippen LogP contribution in [0.15, 0.2) is 0 Å². The minimum Gasteiger partial charge on any atom is -0.456 e. The lowest BCUT2D eigenvalue weighted by Crippen LogP contribution is -2.36. The number of ether oxygens (including phenoxy) is 1. The van der Waals surface area contributed by atoms with Crippen molar-refractivity contribution in [3.8, 4) is 0 Å². The Labute approximate surface area is 135 Å². The van der Waals surface area contributed by atoms with Crippen molar-refractivity contribution in [1.82, 2.24) is 9.34 Å². The van der Waals surface area contributed by atoms with Crippen molar-refractivity contribution in [3.63, 3.8) is 0 Å². The maximum Gasteiger partial charge on any atom is 0.397 e. The molecule has 0 aliphatic carbocycles. The third-order valence-corrected chi connectivity index (χ3v) is 8.76. The summed E-state index contributed by atoms with van der Waals surface area (Å²) >= 11 is 5.92. The smallest absolute Gasteiger partial charge is 0.397 e. The number of carbonyl (C=O) groups is 2. The van der Waals surface area contributed by atoms with E-state index in [4.69, 9.17) is 17.0 Å². The monoisotopic (exact) mass is 354 g/mol. The van der Waals surface area contributed by atoms with Gasteiger partial charge in [0.1, 0.15) is 0 Å². The van der Waals surface area contributed by atoms with E-state index in [-0.39, 0.29) is 5.92 Å². The number of amides is 1. The summed E-state index contributed by atoms with van der Waals surface area (Å²) < 4.78 is 20.2. The van der Waals surface area contributed by atoms with Gasteiger partial charge in [-0.15, -0.1) is 0 Å². The predicted molar refractivity (Wildman–Crippen MR) is 90.3 cm³/mol. The molecule has 0 radical (unpaired) electrons. The van der Waals surface area contributed by atoms with Gasteiger partial charge in [-0.1, -0.05) is 37.4 Å². The highest BCUT2D eigenvalue weighted by atomic mass is 32.7. The number of esters is 1. The van der Waals surface area contributed by atoms with Crippen LogP contribution in [-0.4, -0.2) is 52.7 Å². The zero-order valence-corrected chi connectivity index (χ0v) is 15.8. The molecule has 0 bridgehead atoms. The summed E-state index contributed by atoms with van der Waals surface area (Å²) in [6.45, 7) is 3.90. The van der Waals surface area contributed by atoms with E-state index in [0.717, 1.165) is 16.1 Å². The van der Waals surface area contributed by atoms with E-state index in [1.165, 1.54) is 24.3 Å². The Morgan fingerprint density at radius 3 is 2.19 bits per heavy atom. The number of carbonyl (C=O) groups excluding carboxylic acids is 2. The minimum atomic E-state index is -3.34. The van der Waals surface area contributed by atoms with E-state index in [1.807, 2.05) is 13.8 Å². The molecule has 0 aliphatic heterocycles. The van der Waals surface area contributed by atoms with Crippen LogP contribution in [0.2, 0.25) is 0 Å². The van der Waals surface area contributed by atoms with Crippen LogP contribution in [0.1, 0.15) is 27.7 Å². The Bertz CT molecular complexity index is 443. The van der Waals surface area contributed by atoms with Crippen LogP contribution in [0.25, 0.3) is 0 Å². The quantitative estimate of drug-likeness (QED) is 0.301. The summed E-state index contributed by atoms with van der Waals surface area (Å²) in [5.41, 5.74) is 1.21. The van der Waals surface area contributed by atoms with Gasteiger partial charge in [0.2, 0.25) is 0 Å². The zero-order chi connectivity index (χ0) is 16.8. The first-order valence-electron chi connectivity index (χ1n) is 6.48. The van der Waals surface area contributed by atoms with E-state index < -0.39 is 24.6 Å². The van der Waals surface area contributed by atoms with Gasteiger partial charge in [-0.2, -0.15) is 0 Å². The van der Waals surface area contributed by atoms with Crippen molar-refractivity contribution in [3.05, 3.63) is 0 Å². The van der Waals surface area contributed by atoms with Crippen LogP contribution < -0.4 is 0 Å². The summed E-state index contributed by atoms with van der Waals surface area (Å²) in [5.74, 6) is -1.10. The van der Waals surface area contributed by atoms with Crippen LogP contribution in [0.5, 0.6) is 0 Å². The first-order valence-corrected chi connectivity index (χ1v) is 10.2. The predicted octanol–water partition coefficient (Wildman–Crippen LogP) is 2.78. The topological polar surface area (TPSA) is 66.9 Å². The fraction of sp³-hybridized carbons (Fsp3) is 0.750. The molecule has 0 saturated heterocycles. The second-order valence-corrected chi connectivity index (χ2v) is 10.4. The van der Waals surface area contributed by atoms with Crippen LogP contribution in [-0.2, 0) is 18.9 Å². The zero-order valence-electron chi connectivity index (χ0n) is 13.2.